The van der Waals surface area contributed by atoms with Crippen molar-refractivity contribution in [2.75, 3.05) is 11.1 Å². The third-order valence-electron chi connectivity index (χ3n) is 3.48. The summed E-state index contributed by atoms with van der Waals surface area (Å²) >= 11 is 0. The van der Waals surface area contributed by atoms with Gasteiger partial charge in [0.2, 0.25) is 0 Å². The predicted molar refractivity (Wildman–Crippen MR) is 94.4 cm³/mol. The number of hydrogen-bond donors (Lipinski definition) is 2. The number of aliphatic hydroxyl groups is 1. The van der Waals surface area contributed by atoms with E-state index in [-0.39, 0.29) is 5.75 Å². The third-order valence-corrected chi connectivity index (χ3v) is 5.10. The second-order valence-electron chi connectivity index (χ2n) is 5.64. The number of carbonyl (C=O) groups excluding carboxylic acids is 1. The van der Waals surface area contributed by atoms with Crippen molar-refractivity contribution in [3.63, 3.8) is 0 Å². The van der Waals surface area contributed by atoms with Crippen molar-refractivity contribution in [3.05, 3.63) is 65.5 Å². The number of aryl methyl sites for hydroxylation is 1. The lowest BCUT2D eigenvalue weighted by Crippen LogP contribution is -2.44. The largest absolute Gasteiger partial charge is 0.379 e. The average Bonchev–Trinajstić information content (AvgIpc) is 2.55. The van der Waals surface area contributed by atoms with Crippen LogP contribution in [0.15, 0.2) is 53.4 Å². The number of nitrogens with zero attached hydrogens (tertiary/aromatic N) is 1. The van der Waals surface area contributed by atoms with Gasteiger partial charge in [-0.2, -0.15) is 0 Å². The van der Waals surface area contributed by atoms with Crippen LogP contribution in [-0.4, -0.2) is 26.6 Å². The molecule has 0 aliphatic heterocycles. The van der Waals surface area contributed by atoms with Crippen LogP contribution in [0.5, 0.6) is 0 Å². The van der Waals surface area contributed by atoms with Crippen LogP contribution in [0, 0.1) is 13.5 Å². The Kier molecular flexibility index (Phi) is 5.50. The number of amides is 1. The minimum absolute atomic E-state index is 0.206. The Morgan fingerprint density at radius 3 is 2.54 bits per heavy atom. The highest BCUT2D eigenvalue weighted by Crippen LogP contribution is 2.23. The van der Waals surface area contributed by atoms with E-state index >= 15 is 0 Å². The van der Waals surface area contributed by atoms with Gasteiger partial charge in [-0.15, -0.1) is 0 Å². The van der Waals surface area contributed by atoms with Crippen molar-refractivity contribution in [1.82, 2.24) is 0 Å². The number of rotatable bonds is 5. The van der Waals surface area contributed by atoms with Crippen molar-refractivity contribution in [2.24, 2.45) is 0 Å². The number of hydrogen-bond acceptors (Lipinski definition) is 3. The van der Waals surface area contributed by atoms with Gasteiger partial charge in [0.05, 0.1) is 23.1 Å². The number of nitrogens with one attached hydrogen (secondary N) is 1. The van der Waals surface area contributed by atoms with Crippen molar-refractivity contribution >= 4 is 28.1 Å². The molecule has 2 rings (SSSR count). The van der Waals surface area contributed by atoms with Gasteiger partial charge in [0.1, 0.15) is 0 Å². The fourth-order valence-corrected chi connectivity index (χ4v) is 3.37. The maximum atomic E-state index is 12.3. The molecule has 2 aromatic carbocycles. The maximum absolute atomic E-state index is 12.3. The third kappa shape index (κ3) is 4.28. The first-order valence-electron chi connectivity index (χ1n) is 7.29. The molecule has 1 amide bonds. The van der Waals surface area contributed by atoms with E-state index < -0.39 is 22.3 Å². The molecule has 0 bridgehead atoms. The molecule has 0 heterocycles. The van der Waals surface area contributed by atoms with Crippen LogP contribution >= 0.6 is 0 Å². The van der Waals surface area contributed by atoms with Crippen LogP contribution in [-0.2, 0) is 15.6 Å². The van der Waals surface area contributed by atoms with E-state index in [1.165, 1.54) is 6.92 Å². The van der Waals surface area contributed by atoms with E-state index in [1.807, 2.05) is 0 Å². The van der Waals surface area contributed by atoms with Crippen molar-refractivity contribution < 1.29 is 14.1 Å². The predicted octanol–water partition coefficient (Wildman–Crippen LogP) is 3.04. The fourth-order valence-electron chi connectivity index (χ4n) is 2.10. The lowest BCUT2D eigenvalue weighted by atomic mass is 10.1. The molecule has 5 nitrogen and oxygen atoms in total. The van der Waals surface area contributed by atoms with Crippen molar-refractivity contribution in [1.29, 1.82) is 0 Å². The molecule has 6 heteroatoms. The summed E-state index contributed by atoms with van der Waals surface area (Å²) in [5.74, 6) is -0.844. The Balaban J connectivity index is 2.09. The van der Waals surface area contributed by atoms with Gasteiger partial charge in [0.15, 0.2) is 11.3 Å². The smallest absolute Gasteiger partial charge is 0.257 e. The molecule has 0 saturated carbocycles. The van der Waals surface area contributed by atoms with Gasteiger partial charge in [-0.3, -0.25) is 9.00 Å². The van der Waals surface area contributed by atoms with Crippen LogP contribution in [0.1, 0.15) is 12.5 Å². The molecule has 0 fully saturated rings. The normalized spacial score (nSPS) is 14.2. The zero-order chi connectivity index (χ0) is 17.7. The molecule has 124 valence electrons. The van der Waals surface area contributed by atoms with E-state index in [0.29, 0.717) is 16.3 Å². The van der Waals surface area contributed by atoms with Crippen LogP contribution in [0.3, 0.4) is 0 Å². The number of anilines is 1. The fraction of sp³-hybridized carbons (Fsp3) is 0.222. The molecule has 0 aromatic heterocycles. The highest BCUT2D eigenvalue weighted by atomic mass is 32.2. The van der Waals surface area contributed by atoms with Crippen molar-refractivity contribution in [3.8, 4) is 0 Å². The first-order valence-corrected chi connectivity index (χ1v) is 8.61. The van der Waals surface area contributed by atoms with Gasteiger partial charge in [0.25, 0.3) is 5.91 Å². The maximum Gasteiger partial charge on any atom is 0.257 e. The second-order valence-corrected chi connectivity index (χ2v) is 7.10. The summed E-state index contributed by atoms with van der Waals surface area (Å²) in [6.45, 7) is 10.1. The summed E-state index contributed by atoms with van der Waals surface area (Å²) in [5.41, 5.74) is -0.0662. The van der Waals surface area contributed by atoms with Crippen molar-refractivity contribution in [2.45, 2.75) is 24.3 Å². The molecular weight excluding hydrogens is 324 g/mol. The van der Waals surface area contributed by atoms with Gasteiger partial charge < -0.3 is 10.4 Å². The van der Waals surface area contributed by atoms with Gasteiger partial charge in [-0.25, -0.2) is 4.85 Å². The molecular formula is C18H18N2O3S. The first kappa shape index (κ1) is 17.9. The SMILES string of the molecule is [C-]#[N+]c1ccc(NC(=O)C(C)(O)CS(=O)c2ccccc2)cc1C. The molecule has 0 saturated heterocycles. The Bertz CT molecular complexity index is 811. The van der Waals surface area contributed by atoms with Crippen LogP contribution < -0.4 is 5.32 Å². The highest BCUT2D eigenvalue weighted by molar-refractivity contribution is 7.85. The molecule has 2 aromatic rings. The first-order chi connectivity index (χ1) is 11.3. The Labute approximate surface area is 143 Å². The lowest BCUT2D eigenvalue weighted by Gasteiger charge is -2.22. The number of benzene rings is 2. The topological polar surface area (TPSA) is 70.8 Å². The van der Waals surface area contributed by atoms with Gasteiger partial charge in [0, 0.05) is 10.6 Å². The Morgan fingerprint density at radius 1 is 1.29 bits per heavy atom. The zero-order valence-corrected chi connectivity index (χ0v) is 14.3. The van der Waals surface area contributed by atoms with E-state index in [2.05, 4.69) is 10.2 Å². The van der Waals surface area contributed by atoms with Gasteiger partial charge in [-0.1, -0.05) is 24.3 Å². The number of carbonyl (C=O) groups is 1. The molecule has 24 heavy (non-hydrogen) atoms. The van der Waals surface area contributed by atoms with E-state index in [4.69, 9.17) is 6.57 Å². The van der Waals surface area contributed by atoms with Crippen LogP contribution in [0.4, 0.5) is 11.4 Å². The summed E-state index contributed by atoms with van der Waals surface area (Å²) in [6.07, 6.45) is 0. The zero-order valence-electron chi connectivity index (χ0n) is 13.4. The van der Waals surface area contributed by atoms with Crippen LogP contribution in [0.2, 0.25) is 0 Å². The molecule has 0 aliphatic carbocycles. The summed E-state index contributed by atoms with van der Waals surface area (Å²) in [4.78, 5) is 16.2. The standard InChI is InChI=1S/C18H18N2O3S/c1-13-11-14(9-10-16(13)19-3)20-17(21)18(2,22)12-24(23)15-7-5-4-6-8-15/h4-11,22H,12H2,1-2H3,(H,20,21). The molecule has 2 N–H and O–H groups in total. The molecule has 2 unspecified atom stereocenters. The van der Waals surface area contributed by atoms with E-state index in [1.54, 1.807) is 55.5 Å². The molecule has 0 radical (unpaired) electrons. The van der Waals surface area contributed by atoms with Gasteiger partial charge >= 0.3 is 0 Å². The molecule has 2 atom stereocenters. The van der Waals surface area contributed by atoms with Gasteiger partial charge in [-0.05, 0) is 43.7 Å². The summed E-state index contributed by atoms with van der Waals surface area (Å²) in [7, 11) is -1.49. The average molecular weight is 342 g/mol. The lowest BCUT2D eigenvalue weighted by molar-refractivity contribution is -0.130. The molecule has 0 spiro atoms. The minimum atomic E-state index is -1.78. The Morgan fingerprint density at radius 2 is 1.96 bits per heavy atom. The van der Waals surface area contributed by atoms with E-state index in [0.717, 1.165) is 5.56 Å². The summed E-state index contributed by atoms with van der Waals surface area (Å²) < 4.78 is 12.3. The highest BCUT2D eigenvalue weighted by Gasteiger charge is 2.33. The quantitative estimate of drug-likeness (QED) is 0.821. The summed E-state index contributed by atoms with van der Waals surface area (Å²) in [5, 5.41) is 13.0. The monoisotopic (exact) mass is 342 g/mol. The summed E-state index contributed by atoms with van der Waals surface area (Å²) in [6, 6.07) is 13.6. The minimum Gasteiger partial charge on any atom is -0.379 e. The Hall–Kier alpha value is -2.49. The second kappa shape index (κ2) is 7.39. The van der Waals surface area contributed by atoms with Crippen LogP contribution in [0.25, 0.3) is 4.85 Å². The van der Waals surface area contributed by atoms with E-state index in [9.17, 15) is 14.1 Å². The molecule has 0 aliphatic rings.